The average Bonchev–Trinajstić information content (AvgIpc) is 2.14. The molecule has 0 amide bonds. The first-order chi connectivity index (χ1) is 6.55. The van der Waals surface area contributed by atoms with Crippen LogP contribution in [0.4, 0.5) is 0 Å². The van der Waals surface area contributed by atoms with Gasteiger partial charge in [0.15, 0.2) is 6.79 Å². The molecule has 0 aliphatic rings. The first kappa shape index (κ1) is 14.6. The number of hydrogen-bond acceptors (Lipinski definition) is 2. The topological polar surface area (TPSA) is 18.5 Å². The van der Waals surface area contributed by atoms with E-state index in [1.165, 1.54) is 0 Å². The van der Waals surface area contributed by atoms with Gasteiger partial charge in [-0.2, -0.15) is 18.2 Å². The summed E-state index contributed by atoms with van der Waals surface area (Å²) in [4.78, 5) is 0. The van der Waals surface area contributed by atoms with Crippen LogP contribution in [-0.4, -0.2) is 13.9 Å². The Bertz CT molecular complexity index is 292. The van der Waals surface area contributed by atoms with Crippen molar-refractivity contribution in [1.29, 1.82) is 0 Å². The summed E-state index contributed by atoms with van der Waals surface area (Å²) in [5, 5.41) is 0. The van der Waals surface area contributed by atoms with Crippen LogP contribution >= 0.6 is 0 Å². The molecule has 78 valence electrons. The maximum absolute atomic E-state index is 5.44. The average molecular weight is 200 g/mol. The number of benzene rings is 1. The molecule has 2 nitrogen and oxygen atoms in total. The Morgan fingerprint density at radius 2 is 2.00 bits per heavy atom. The summed E-state index contributed by atoms with van der Waals surface area (Å²) in [5.41, 5.74) is 1.22. The van der Waals surface area contributed by atoms with E-state index in [4.69, 9.17) is 9.47 Å². The number of hydrogen-bond donors (Lipinski definition) is 0. The number of ether oxygens (including phenoxy) is 2. The minimum Gasteiger partial charge on any atom is -0.493 e. The quantitative estimate of drug-likeness (QED) is 0.381. The van der Waals surface area contributed by atoms with E-state index in [0.717, 1.165) is 11.3 Å². The molecule has 1 aromatic carbocycles. The van der Waals surface area contributed by atoms with Gasteiger partial charge >= 0.3 is 18.9 Å². The van der Waals surface area contributed by atoms with E-state index in [-0.39, 0.29) is 31.1 Å². The van der Waals surface area contributed by atoms with Crippen molar-refractivity contribution in [2.45, 2.75) is 26.2 Å². The molecular weight excluding hydrogens is 183 g/mol. The third-order valence-electron chi connectivity index (χ3n) is 1.95. The molecule has 0 saturated heterocycles. The van der Waals surface area contributed by atoms with Crippen molar-refractivity contribution in [2.24, 2.45) is 0 Å². The van der Waals surface area contributed by atoms with Crippen LogP contribution in [0.5, 0.6) is 5.75 Å². The van der Waals surface area contributed by atoms with Gasteiger partial charge in [-0.15, -0.1) is 11.6 Å². The van der Waals surface area contributed by atoms with Gasteiger partial charge in [0.2, 0.25) is 0 Å². The van der Waals surface area contributed by atoms with E-state index in [1.54, 1.807) is 7.11 Å². The fourth-order valence-corrected chi connectivity index (χ4v) is 1.25. The van der Waals surface area contributed by atoms with Crippen LogP contribution in [0.15, 0.2) is 18.2 Å². The van der Waals surface area contributed by atoms with Crippen LogP contribution in [-0.2, 0) is 10.2 Å². The molecule has 0 radical (unpaired) electrons. The first-order valence-corrected chi connectivity index (χ1v) is 4.68. The molecule has 0 spiro atoms. The van der Waals surface area contributed by atoms with Gasteiger partial charge in [0.05, 0.1) is 0 Å². The fraction of sp³-hybridized carbons (Fsp3) is 0.500. The molecule has 0 aliphatic carbocycles. The minimum absolute atomic E-state index is 0. The first-order valence-electron chi connectivity index (χ1n) is 4.68. The second-order valence-electron chi connectivity index (χ2n) is 4.21. The molecule has 0 unspecified atom stereocenters. The Hall–Kier alpha value is -0.423. The third-order valence-corrected chi connectivity index (χ3v) is 1.95. The van der Waals surface area contributed by atoms with Crippen molar-refractivity contribution < 1.29 is 28.3 Å². The number of para-hydroxylation sites is 1. The standard InChI is InChI=1S/C12H17O2.Li/c1-12(2,3)10-7-5-6-8-11(10)14-9-13-4;/h5-7H,9H2,1-4H3;/q-1;+1. The monoisotopic (exact) mass is 200 g/mol. The van der Waals surface area contributed by atoms with Gasteiger partial charge in [-0.05, 0) is 0 Å². The Morgan fingerprint density at radius 3 is 2.53 bits per heavy atom. The Morgan fingerprint density at radius 1 is 1.33 bits per heavy atom. The van der Waals surface area contributed by atoms with Gasteiger partial charge in [-0.25, -0.2) is 0 Å². The molecule has 0 atom stereocenters. The zero-order valence-corrected chi connectivity index (χ0v) is 10.3. The van der Waals surface area contributed by atoms with Crippen LogP contribution in [0.25, 0.3) is 0 Å². The Labute approximate surface area is 104 Å². The van der Waals surface area contributed by atoms with Crippen molar-refractivity contribution in [3.8, 4) is 5.75 Å². The van der Waals surface area contributed by atoms with Gasteiger partial charge in [0.25, 0.3) is 0 Å². The largest absolute Gasteiger partial charge is 1.00 e. The molecule has 1 rings (SSSR count). The maximum Gasteiger partial charge on any atom is 1.00 e. The van der Waals surface area contributed by atoms with Crippen molar-refractivity contribution in [3.05, 3.63) is 29.8 Å². The molecule has 15 heavy (non-hydrogen) atoms. The van der Waals surface area contributed by atoms with Gasteiger partial charge in [-0.1, -0.05) is 26.2 Å². The SMILES string of the molecule is COCOc1[c-]cccc1C(C)(C)C.[Li+]. The zero-order chi connectivity index (χ0) is 10.6. The molecule has 1 aromatic rings. The summed E-state index contributed by atoms with van der Waals surface area (Å²) < 4.78 is 10.3. The summed E-state index contributed by atoms with van der Waals surface area (Å²) >= 11 is 0. The van der Waals surface area contributed by atoms with Gasteiger partial charge in [0, 0.05) is 12.9 Å². The summed E-state index contributed by atoms with van der Waals surface area (Å²) in [6.07, 6.45) is 0. The van der Waals surface area contributed by atoms with E-state index in [0.29, 0.717) is 0 Å². The third kappa shape index (κ3) is 4.30. The van der Waals surface area contributed by atoms with Crippen LogP contribution in [0.2, 0.25) is 0 Å². The molecule has 3 heteroatoms. The normalized spacial score (nSPS) is 10.7. The van der Waals surface area contributed by atoms with Crippen LogP contribution in [0, 0.1) is 6.07 Å². The minimum atomic E-state index is 0. The second kappa shape index (κ2) is 6.22. The maximum atomic E-state index is 5.44. The molecule has 0 fully saturated rings. The van der Waals surface area contributed by atoms with Crippen molar-refractivity contribution >= 4 is 0 Å². The van der Waals surface area contributed by atoms with E-state index >= 15 is 0 Å². The van der Waals surface area contributed by atoms with Gasteiger partial charge in [0.1, 0.15) is 0 Å². The Kier molecular flexibility index (Phi) is 6.05. The van der Waals surface area contributed by atoms with Crippen molar-refractivity contribution in [3.63, 3.8) is 0 Å². The molecule has 0 aliphatic heterocycles. The predicted octanol–water partition coefficient (Wildman–Crippen LogP) is -0.229. The van der Waals surface area contributed by atoms with Gasteiger partial charge < -0.3 is 9.47 Å². The molecule has 0 saturated carbocycles. The molecule has 0 aromatic heterocycles. The smallest absolute Gasteiger partial charge is 0.493 e. The fourth-order valence-electron chi connectivity index (χ4n) is 1.25. The van der Waals surface area contributed by atoms with Crippen LogP contribution in [0.1, 0.15) is 26.3 Å². The van der Waals surface area contributed by atoms with E-state index in [9.17, 15) is 0 Å². The predicted molar refractivity (Wildman–Crippen MR) is 56.5 cm³/mol. The van der Waals surface area contributed by atoms with Gasteiger partial charge in [-0.3, -0.25) is 0 Å². The number of methoxy groups -OCH3 is 1. The van der Waals surface area contributed by atoms with E-state index < -0.39 is 0 Å². The second-order valence-corrected chi connectivity index (χ2v) is 4.21. The summed E-state index contributed by atoms with van der Waals surface area (Å²) in [6, 6.07) is 8.95. The summed E-state index contributed by atoms with van der Waals surface area (Å²) in [6.45, 7) is 6.71. The number of rotatable bonds is 3. The molecule has 0 bridgehead atoms. The van der Waals surface area contributed by atoms with Crippen molar-refractivity contribution in [1.82, 2.24) is 0 Å². The molecular formula is C12H17LiO2. The Balaban J connectivity index is 0.00000196. The molecule has 0 heterocycles. The van der Waals surface area contributed by atoms with Crippen LogP contribution in [0.3, 0.4) is 0 Å². The van der Waals surface area contributed by atoms with Crippen LogP contribution < -0.4 is 23.6 Å². The summed E-state index contributed by atoms with van der Waals surface area (Å²) in [5.74, 6) is 0.779. The summed E-state index contributed by atoms with van der Waals surface area (Å²) in [7, 11) is 1.61. The van der Waals surface area contributed by atoms with E-state index in [2.05, 4.69) is 32.9 Å². The van der Waals surface area contributed by atoms with Crippen molar-refractivity contribution in [2.75, 3.05) is 13.9 Å². The zero-order valence-electron chi connectivity index (χ0n) is 10.3. The van der Waals surface area contributed by atoms with E-state index in [1.807, 2.05) is 12.1 Å². The molecule has 0 N–H and O–H groups in total.